The first kappa shape index (κ1) is 42.5. The quantitative estimate of drug-likeness (QED) is 0.148. The zero-order chi connectivity index (χ0) is 49.8. The van der Waals surface area contributed by atoms with E-state index in [1.165, 1.54) is 49.2 Å². The number of benzene rings is 8. The van der Waals surface area contributed by atoms with Crippen molar-refractivity contribution < 1.29 is 0 Å². The number of hydrogen-bond acceptors (Lipinski definition) is 6. The minimum absolute atomic E-state index is 0.212. The summed E-state index contributed by atoms with van der Waals surface area (Å²) in [6.07, 6.45) is 24.1. The van der Waals surface area contributed by atoms with Gasteiger partial charge in [-0.2, -0.15) is 0 Å². The molecule has 0 saturated carbocycles. The lowest BCUT2D eigenvalue weighted by Gasteiger charge is -2.40. The highest BCUT2D eigenvalue weighted by atomic mass is 14.9. The molecule has 0 bridgehead atoms. The van der Waals surface area contributed by atoms with Gasteiger partial charge in [-0.3, -0.25) is 9.97 Å². The summed E-state index contributed by atoms with van der Waals surface area (Å²) in [6, 6.07) is 62.2. The Bertz CT molecular complexity index is 4670. The molecule has 4 heterocycles. The lowest BCUT2D eigenvalue weighted by atomic mass is 9.63. The third-order valence-corrected chi connectivity index (χ3v) is 15.9. The van der Waals surface area contributed by atoms with Crippen molar-refractivity contribution in [3.05, 3.63) is 271 Å². The van der Waals surface area contributed by atoms with E-state index in [9.17, 15) is 0 Å². The lowest BCUT2D eigenvalue weighted by molar-refractivity contribution is 0.565. The Morgan fingerprint density at radius 1 is 0.329 bits per heavy atom. The smallest absolute Gasteiger partial charge is 0.161 e. The summed E-state index contributed by atoms with van der Waals surface area (Å²) in [4.78, 5) is 31.1. The fourth-order valence-corrected chi connectivity index (χ4v) is 12.2. The Morgan fingerprint density at radius 3 is 1.47 bits per heavy atom. The van der Waals surface area contributed by atoms with Crippen LogP contribution in [-0.4, -0.2) is 29.9 Å². The van der Waals surface area contributed by atoms with Gasteiger partial charge in [-0.25, -0.2) is 19.9 Å². The van der Waals surface area contributed by atoms with Crippen LogP contribution >= 0.6 is 0 Å². The van der Waals surface area contributed by atoms with Gasteiger partial charge in [-0.1, -0.05) is 188 Å². The van der Waals surface area contributed by atoms with Crippen LogP contribution in [0.3, 0.4) is 0 Å². The summed E-state index contributed by atoms with van der Waals surface area (Å²) < 4.78 is 0. The maximum Gasteiger partial charge on any atom is 0.161 e. The molecule has 4 aromatic heterocycles. The molecule has 16 rings (SSSR count). The molecular weight excluding hydrogens is 925 g/mol. The molecule has 0 spiro atoms. The molecule has 2 atom stereocenters. The first-order chi connectivity index (χ1) is 37.6. The van der Waals surface area contributed by atoms with Gasteiger partial charge in [0.1, 0.15) is 0 Å². The van der Waals surface area contributed by atoms with Crippen molar-refractivity contribution in [2.45, 2.75) is 0 Å². The van der Waals surface area contributed by atoms with Crippen LogP contribution in [0.25, 0.3) is 127 Å². The number of fused-ring (bicyclic) bond motifs is 2. The van der Waals surface area contributed by atoms with Crippen molar-refractivity contribution in [1.29, 1.82) is 0 Å². The topological polar surface area (TPSA) is 77.3 Å². The van der Waals surface area contributed by atoms with Crippen LogP contribution < -0.4 is 0 Å². The van der Waals surface area contributed by atoms with E-state index >= 15 is 0 Å². The third-order valence-electron chi connectivity index (χ3n) is 15.9. The molecule has 4 aliphatic carbocycles. The molecule has 76 heavy (non-hydrogen) atoms. The van der Waals surface area contributed by atoms with Gasteiger partial charge in [0.25, 0.3) is 0 Å². The van der Waals surface area contributed by atoms with E-state index in [-0.39, 0.29) is 11.8 Å². The van der Waals surface area contributed by atoms with Gasteiger partial charge in [0.2, 0.25) is 0 Å². The molecule has 4 aliphatic rings. The number of para-hydroxylation sites is 2. The van der Waals surface area contributed by atoms with E-state index < -0.39 is 0 Å². The monoisotopic (exact) mass is 966 g/mol. The van der Waals surface area contributed by atoms with E-state index in [1.807, 2.05) is 36.7 Å². The summed E-state index contributed by atoms with van der Waals surface area (Å²) in [5.41, 5.74) is 18.6. The third kappa shape index (κ3) is 6.88. The van der Waals surface area contributed by atoms with Crippen molar-refractivity contribution in [3.63, 3.8) is 0 Å². The number of rotatable bonds is 7. The highest BCUT2D eigenvalue weighted by Gasteiger charge is 2.39. The maximum absolute atomic E-state index is 5.38. The Kier molecular flexibility index (Phi) is 9.36. The molecule has 2 unspecified atom stereocenters. The number of pyridine rings is 2. The largest absolute Gasteiger partial charge is 0.256 e. The average molecular weight is 967 g/mol. The SMILES string of the molecule is C1=CC2=CC=C3C=CC(c4nc(-c5ccc(-c6ccc(-c7cc(-c8cnc9ccccc9c8)nc(-c8ccc9ccc%10cccc%11ccc8c9c%10%11)n7)cc6)cc5)cc(-c5cnc6ccccc6c5)n4)=C4C=CC(=C1)C2C34. The van der Waals surface area contributed by atoms with Crippen molar-refractivity contribution >= 4 is 59.7 Å². The van der Waals surface area contributed by atoms with Crippen molar-refractivity contribution in [1.82, 2.24) is 29.9 Å². The molecular formula is C70H42N6. The van der Waals surface area contributed by atoms with E-state index in [4.69, 9.17) is 29.9 Å². The van der Waals surface area contributed by atoms with Gasteiger partial charge < -0.3 is 0 Å². The van der Waals surface area contributed by atoms with Gasteiger partial charge in [0.15, 0.2) is 11.6 Å². The Labute approximate surface area is 437 Å². The van der Waals surface area contributed by atoms with Crippen LogP contribution in [0.1, 0.15) is 5.82 Å². The van der Waals surface area contributed by atoms with Gasteiger partial charge in [0, 0.05) is 68.4 Å². The second-order valence-corrected chi connectivity index (χ2v) is 20.2. The Balaban J connectivity index is 0.774. The predicted molar refractivity (Wildman–Crippen MR) is 310 cm³/mol. The molecule has 6 heteroatoms. The molecule has 0 radical (unpaired) electrons. The maximum atomic E-state index is 5.38. The van der Waals surface area contributed by atoms with Crippen LogP contribution in [0.15, 0.2) is 265 Å². The van der Waals surface area contributed by atoms with Gasteiger partial charge >= 0.3 is 0 Å². The second kappa shape index (κ2) is 16.7. The lowest BCUT2D eigenvalue weighted by Crippen LogP contribution is -2.29. The van der Waals surface area contributed by atoms with Gasteiger partial charge in [-0.05, 0) is 108 Å². The fraction of sp³-hybridized carbons (Fsp3) is 0.0286. The molecule has 0 saturated heterocycles. The van der Waals surface area contributed by atoms with E-state index in [1.54, 1.807) is 0 Å². The van der Waals surface area contributed by atoms with E-state index in [2.05, 4.69) is 206 Å². The minimum Gasteiger partial charge on any atom is -0.256 e. The van der Waals surface area contributed by atoms with Crippen molar-refractivity contribution in [2.24, 2.45) is 11.8 Å². The number of hydrogen-bond donors (Lipinski definition) is 0. The van der Waals surface area contributed by atoms with Gasteiger partial charge in [-0.15, -0.1) is 0 Å². The number of aromatic nitrogens is 6. The van der Waals surface area contributed by atoms with E-state index in [0.29, 0.717) is 11.6 Å². The molecule has 6 nitrogen and oxygen atoms in total. The summed E-state index contributed by atoms with van der Waals surface area (Å²) >= 11 is 0. The summed E-state index contributed by atoms with van der Waals surface area (Å²) in [5.74, 6) is 1.88. The Morgan fingerprint density at radius 2 is 0.829 bits per heavy atom. The number of nitrogens with zero attached hydrogens (tertiary/aromatic N) is 6. The van der Waals surface area contributed by atoms with Crippen LogP contribution in [0.2, 0.25) is 0 Å². The van der Waals surface area contributed by atoms with Gasteiger partial charge in [0.05, 0.1) is 33.8 Å². The normalized spacial score (nSPS) is 16.4. The molecule has 12 aromatic rings. The van der Waals surface area contributed by atoms with E-state index in [0.717, 1.165) is 94.5 Å². The van der Waals surface area contributed by atoms with Crippen LogP contribution in [0.4, 0.5) is 0 Å². The average Bonchev–Trinajstić information content (AvgIpc) is 3.56. The van der Waals surface area contributed by atoms with Crippen molar-refractivity contribution in [3.8, 4) is 67.5 Å². The zero-order valence-corrected chi connectivity index (χ0v) is 40.9. The summed E-state index contributed by atoms with van der Waals surface area (Å²) in [6.45, 7) is 0. The standard InChI is InChI=1S/C70H42N6/c1-3-13-59-51(7-1)35-53(39-71-59)63-37-61(73-69(75-63)57-33-29-49-25-23-45-9-5-11-47-27-31-55(57)67(49)65(45)47)43-19-15-41(16-20-43)42-17-21-44(22-18-42)62-38-64(54-36-52-8-2-4-14-60(52)72-40-54)76-70(74-62)58-34-30-50-26-24-46-10-6-12-48-28-32-56(58)68(50)66(46)48/h1-40,65,67H. The molecule has 0 fully saturated rings. The molecule has 0 aliphatic heterocycles. The summed E-state index contributed by atoms with van der Waals surface area (Å²) in [5, 5.41) is 9.43. The minimum atomic E-state index is 0.212. The molecule has 8 aromatic carbocycles. The zero-order valence-electron chi connectivity index (χ0n) is 40.9. The Hall–Kier alpha value is -10.0. The van der Waals surface area contributed by atoms with Crippen molar-refractivity contribution in [2.75, 3.05) is 0 Å². The molecule has 352 valence electrons. The molecule has 0 amide bonds. The highest BCUT2D eigenvalue weighted by molar-refractivity contribution is 6.25. The summed E-state index contributed by atoms with van der Waals surface area (Å²) in [7, 11) is 0. The first-order valence-corrected chi connectivity index (χ1v) is 25.9. The van der Waals surface area contributed by atoms with Crippen LogP contribution in [0.5, 0.6) is 0 Å². The van der Waals surface area contributed by atoms with Crippen LogP contribution in [0, 0.1) is 11.8 Å². The fourth-order valence-electron chi connectivity index (χ4n) is 12.2. The predicted octanol–water partition coefficient (Wildman–Crippen LogP) is 16.8. The second-order valence-electron chi connectivity index (χ2n) is 20.2. The highest BCUT2D eigenvalue weighted by Crippen LogP contribution is 2.51. The molecule has 0 N–H and O–H groups in total. The number of allylic oxidation sites excluding steroid dienone is 14. The first-order valence-electron chi connectivity index (χ1n) is 25.9. The van der Waals surface area contributed by atoms with Crippen LogP contribution in [-0.2, 0) is 0 Å².